The number of anilines is 1. The van der Waals surface area contributed by atoms with E-state index in [4.69, 9.17) is 4.74 Å². The van der Waals surface area contributed by atoms with Crippen molar-refractivity contribution in [3.05, 3.63) is 78.6 Å². The predicted octanol–water partition coefficient (Wildman–Crippen LogP) is 3.82. The molecular weight excluding hydrogens is 347 g/mol. The Hall–Kier alpha value is -3.74. The van der Waals surface area contributed by atoms with Crippen LogP contribution in [0.25, 0.3) is 16.7 Å². The summed E-state index contributed by atoms with van der Waals surface area (Å²) in [5.41, 5.74) is 3.48. The third kappa shape index (κ3) is 3.35. The predicted molar refractivity (Wildman–Crippen MR) is 99.8 cm³/mol. The quantitative estimate of drug-likeness (QED) is 0.561. The maximum atomic E-state index is 13.1. The van der Waals surface area contributed by atoms with Gasteiger partial charge < -0.3 is 10.1 Å². The summed E-state index contributed by atoms with van der Waals surface area (Å²) in [6, 6.07) is 15.5. The van der Waals surface area contributed by atoms with Crippen molar-refractivity contribution in [2.75, 3.05) is 12.4 Å². The number of hydrogen-bond donors (Lipinski definition) is 1. The number of benzene rings is 2. The highest BCUT2D eigenvalue weighted by molar-refractivity contribution is 6.04. The lowest BCUT2D eigenvalue weighted by molar-refractivity contribution is 0.102. The van der Waals surface area contributed by atoms with Crippen LogP contribution in [0.5, 0.6) is 5.75 Å². The fourth-order valence-electron chi connectivity index (χ4n) is 2.78. The molecule has 0 aliphatic heterocycles. The minimum absolute atomic E-state index is 0.209. The van der Waals surface area contributed by atoms with Crippen molar-refractivity contribution in [3.8, 4) is 11.4 Å². The van der Waals surface area contributed by atoms with Gasteiger partial charge in [0.05, 0.1) is 18.1 Å². The summed E-state index contributed by atoms with van der Waals surface area (Å²) in [5.74, 6) is -0.343. The first kappa shape index (κ1) is 16.7. The molecule has 0 radical (unpaired) electrons. The van der Waals surface area contributed by atoms with Gasteiger partial charge in [-0.25, -0.2) is 9.97 Å². The van der Waals surface area contributed by atoms with Gasteiger partial charge >= 0.3 is 0 Å². The van der Waals surface area contributed by atoms with E-state index in [2.05, 4.69) is 15.3 Å². The van der Waals surface area contributed by atoms with Crippen LogP contribution >= 0.6 is 0 Å². The highest BCUT2D eigenvalue weighted by Crippen LogP contribution is 2.23. The summed E-state index contributed by atoms with van der Waals surface area (Å²) in [6.07, 6.45) is 2.99. The van der Waals surface area contributed by atoms with E-state index in [1.807, 2.05) is 34.9 Å². The molecule has 0 fully saturated rings. The Morgan fingerprint density at radius 3 is 2.63 bits per heavy atom. The number of rotatable bonds is 4. The fourth-order valence-corrected chi connectivity index (χ4v) is 2.78. The third-order valence-corrected chi connectivity index (χ3v) is 4.15. The number of ether oxygens (including phenoxy) is 1. The van der Waals surface area contributed by atoms with E-state index in [0.717, 1.165) is 28.5 Å². The van der Waals surface area contributed by atoms with Gasteiger partial charge in [-0.05, 0) is 42.5 Å². The second-order valence-corrected chi connectivity index (χ2v) is 5.84. The smallest absolute Gasteiger partial charge is 0.255 e. The minimum atomic E-state index is -0.693. The summed E-state index contributed by atoms with van der Waals surface area (Å²) >= 11 is 0. The average molecular weight is 362 g/mol. The lowest BCUT2D eigenvalue weighted by Gasteiger charge is -2.08. The van der Waals surface area contributed by atoms with E-state index in [1.165, 1.54) is 12.3 Å². The summed E-state index contributed by atoms with van der Waals surface area (Å²) in [6.45, 7) is 0. The molecule has 2 aromatic carbocycles. The second kappa shape index (κ2) is 6.87. The van der Waals surface area contributed by atoms with Gasteiger partial charge in [-0.2, -0.15) is 4.39 Å². The maximum absolute atomic E-state index is 13.1. The number of carbonyl (C=O) groups is 1. The van der Waals surface area contributed by atoms with Gasteiger partial charge in [0.1, 0.15) is 12.1 Å². The number of imidazole rings is 1. The molecule has 0 saturated carbocycles. The van der Waals surface area contributed by atoms with Crippen LogP contribution in [0.1, 0.15) is 10.4 Å². The number of aromatic nitrogens is 3. The molecule has 0 aliphatic carbocycles. The summed E-state index contributed by atoms with van der Waals surface area (Å²) in [4.78, 5) is 20.0. The van der Waals surface area contributed by atoms with Crippen LogP contribution < -0.4 is 10.1 Å². The average Bonchev–Trinajstić information content (AvgIpc) is 3.11. The molecule has 6 nitrogen and oxygen atoms in total. The van der Waals surface area contributed by atoms with E-state index < -0.39 is 11.9 Å². The summed E-state index contributed by atoms with van der Waals surface area (Å²) < 4.78 is 20.3. The van der Waals surface area contributed by atoms with E-state index in [1.54, 1.807) is 25.6 Å². The Morgan fingerprint density at radius 1 is 1.07 bits per heavy atom. The Bertz CT molecular complexity index is 1120. The van der Waals surface area contributed by atoms with Crippen LogP contribution in [0.4, 0.5) is 10.1 Å². The highest BCUT2D eigenvalue weighted by Gasteiger charge is 2.09. The van der Waals surface area contributed by atoms with Crippen LogP contribution in [0.3, 0.4) is 0 Å². The van der Waals surface area contributed by atoms with Crippen LogP contribution in [0.2, 0.25) is 0 Å². The summed E-state index contributed by atoms with van der Waals surface area (Å²) in [7, 11) is 1.62. The molecule has 4 rings (SSSR count). The van der Waals surface area contributed by atoms with Gasteiger partial charge in [-0.1, -0.05) is 0 Å². The van der Waals surface area contributed by atoms with E-state index in [-0.39, 0.29) is 5.56 Å². The molecule has 134 valence electrons. The molecule has 1 amide bonds. The van der Waals surface area contributed by atoms with E-state index in [9.17, 15) is 9.18 Å². The number of nitrogens with one attached hydrogen (secondary N) is 1. The molecule has 0 saturated heterocycles. The molecule has 0 spiro atoms. The Balaban J connectivity index is 1.56. The van der Waals surface area contributed by atoms with Crippen LogP contribution in [-0.2, 0) is 0 Å². The number of methoxy groups -OCH3 is 1. The van der Waals surface area contributed by atoms with Gasteiger partial charge in [-0.15, -0.1) is 0 Å². The topological polar surface area (TPSA) is 69.0 Å². The third-order valence-electron chi connectivity index (χ3n) is 4.15. The van der Waals surface area contributed by atoms with Gasteiger partial charge in [0.15, 0.2) is 0 Å². The molecule has 0 bridgehead atoms. The van der Waals surface area contributed by atoms with Crippen molar-refractivity contribution in [2.45, 2.75) is 0 Å². The SMILES string of the molecule is COc1ccc2c(c1)ncn2-c1ccc(NC(=O)c2ccnc(F)c2)cc1. The van der Waals surface area contributed by atoms with Crippen LogP contribution in [0, 0.1) is 5.95 Å². The van der Waals surface area contributed by atoms with Crippen molar-refractivity contribution in [1.82, 2.24) is 14.5 Å². The van der Waals surface area contributed by atoms with Crippen molar-refractivity contribution in [3.63, 3.8) is 0 Å². The Labute approximate surface area is 154 Å². The number of halogens is 1. The normalized spacial score (nSPS) is 10.7. The number of carbonyl (C=O) groups excluding carboxylic acids is 1. The number of fused-ring (bicyclic) bond motifs is 1. The first-order chi connectivity index (χ1) is 13.1. The van der Waals surface area contributed by atoms with E-state index >= 15 is 0 Å². The zero-order chi connectivity index (χ0) is 18.8. The first-order valence-corrected chi connectivity index (χ1v) is 8.18. The Kier molecular flexibility index (Phi) is 4.25. The second-order valence-electron chi connectivity index (χ2n) is 5.84. The zero-order valence-corrected chi connectivity index (χ0v) is 14.4. The van der Waals surface area contributed by atoms with Crippen molar-refractivity contribution >= 4 is 22.6 Å². The van der Waals surface area contributed by atoms with Crippen molar-refractivity contribution in [1.29, 1.82) is 0 Å². The minimum Gasteiger partial charge on any atom is -0.497 e. The highest BCUT2D eigenvalue weighted by atomic mass is 19.1. The standard InChI is InChI=1S/C20H15FN4O2/c1-27-16-6-7-18-17(11-16)23-12-25(18)15-4-2-14(3-5-15)24-20(26)13-8-9-22-19(21)10-13/h2-12H,1H3,(H,24,26). The largest absolute Gasteiger partial charge is 0.497 e. The maximum Gasteiger partial charge on any atom is 0.255 e. The van der Waals surface area contributed by atoms with Gasteiger partial charge in [0.2, 0.25) is 5.95 Å². The lowest BCUT2D eigenvalue weighted by atomic mass is 10.2. The monoisotopic (exact) mass is 362 g/mol. The molecule has 2 heterocycles. The molecule has 0 atom stereocenters. The fraction of sp³-hybridized carbons (Fsp3) is 0.0500. The number of hydrogen-bond acceptors (Lipinski definition) is 4. The number of pyridine rings is 1. The Morgan fingerprint density at radius 2 is 1.89 bits per heavy atom. The van der Waals surface area contributed by atoms with Crippen LogP contribution in [0.15, 0.2) is 67.1 Å². The molecule has 1 N–H and O–H groups in total. The van der Waals surface area contributed by atoms with Crippen LogP contribution in [-0.4, -0.2) is 27.6 Å². The van der Waals surface area contributed by atoms with Gasteiger partial charge in [0, 0.05) is 35.3 Å². The molecule has 27 heavy (non-hydrogen) atoms. The molecule has 4 aromatic rings. The zero-order valence-electron chi connectivity index (χ0n) is 14.4. The lowest BCUT2D eigenvalue weighted by Crippen LogP contribution is -2.12. The summed E-state index contributed by atoms with van der Waals surface area (Å²) in [5, 5.41) is 2.74. The number of nitrogens with zero attached hydrogens (tertiary/aromatic N) is 3. The molecule has 0 unspecified atom stereocenters. The molecule has 7 heteroatoms. The first-order valence-electron chi connectivity index (χ1n) is 8.18. The van der Waals surface area contributed by atoms with Gasteiger partial charge in [-0.3, -0.25) is 9.36 Å². The molecular formula is C20H15FN4O2. The van der Waals surface area contributed by atoms with E-state index in [0.29, 0.717) is 5.69 Å². The molecule has 2 aromatic heterocycles. The van der Waals surface area contributed by atoms with Crippen molar-refractivity contribution in [2.24, 2.45) is 0 Å². The van der Waals surface area contributed by atoms with Crippen molar-refractivity contribution < 1.29 is 13.9 Å². The number of amides is 1. The van der Waals surface area contributed by atoms with Gasteiger partial charge in [0.25, 0.3) is 5.91 Å². The molecule has 0 aliphatic rings.